The number of halogens is 1. The van der Waals surface area contributed by atoms with Gasteiger partial charge < -0.3 is 20.1 Å². The molecule has 0 saturated carbocycles. The number of hydrogen-bond donors (Lipinski definition) is 2. The highest BCUT2D eigenvalue weighted by atomic mass is 127. The van der Waals surface area contributed by atoms with Crippen LogP contribution in [-0.2, 0) is 4.79 Å². The Balaban J connectivity index is 1.64. The van der Waals surface area contributed by atoms with E-state index in [1.165, 1.54) is 18.9 Å². The second-order valence-corrected chi connectivity index (χ2v) is 9.47. The van der Waals surface area contributed by atoms with Crippen molar-refractivity contribution < 1.29 is 19.1 Å². The number of nitrogens with one attached hydrogen (secondary N) is 2. The summed E-state index contributed by atoms with van der Waals surface area (Å²) < 4.78 is 11.6. The third-order valence-corrected chi connectivity index (χ3v) is 6.34. The van der Waals surface area contributed by atoms with Crippen LogP contribution in [0, 0.1) is 3.57 Å². The summed E-state index contributed by atoms with van der Waals surface area (Å²) in [6.07, 6.45) is 0. The van der Waals surface area contributed by atoms with Crippen LogP contribution >= 0.6 is 34.4 Å². The van der Waals surface area contributed by atoms with E-state index in [2.05, 4.69) is 33.2 Å². The van der Waals surface area contributed by atoms with Crippen LogP contribution < -0.4 is 20.1 Å². The molecule has 0 heterocycles. The molecule has 0 spiro atoms. The number of thioether (sulfide) groups is 1. The van der Waals surface area contributed by atoms with E-state index in [0.29, 0.717) is 22.7 Å². The highest BCUT2D eigenvalue weighted by Crippen LogP contribution is 2.29. The summed E-state index contributed by atoms with van der Waals surface area (Å²) in [5, 5.41) is 5.49. The zero-order valence-electron chi connectivity index (χ0n) is 17.8. The van der Waals surface area contributed by atoms with Gasteiger partial charge in [-0.3, -0.25) is 9.59 Å². The van der Waals surface area contributed by atoms with Crippen LogP contribution in [0.1, 0.15) is 17.3 Å². The molecule has 0 bridgehead atoms. The second-order valence-electron chi connectivity index (χ2n) is 6.81. The average molecular weight is 562 g/mol. The summed E-state index contributed by atoms with van der Waals surface area (Å²) in [4.78, 5) is 26.1. The summed E-state index contributed by atoms with van der Waals surface area (Å²) in [5.74, 6) is 0.686. The minimum atomic E-state index is -0.314. The molecule has 0 aliphatic heterocycles. The van der Waals surface area contributed by atoms with Gasteiger partial charge in [-0.25, -0.2) is 0 Å². The Bertz CT molecular complexity index is 1110. The first-order chi connectivity index (χ1) is 15.4. The van der Waals surface area contributed by atoms with Crippen LogP contribution in [0.15, 0.2) is 71.6 Å². The van der Waals surface area contributed by atoms with E-state index in [4.69, 9.17) is 9.47 Å². The smallest absolute Gasteiger partial charge is 0.255 e. The normalized spacial score (nSPS) is 11.4. The molecule has 0 aliphatic carbocycles. The van der Waals surface area contributed by atoms with Crippen molar-refractivity contribution in [1.29, 1.82) is 0 Å². The first-order valence-electron chi connectivity index (χ1n) is 9.76. The molecule has 166 valence electrons. The molecule has 1 atom stereocenters. The Morgan fingerprint density at radius 3 is 2.28 bits per heavy atom. The number of benzene rings is 3. The molecular formula is C24H23IN2O4S. The maximum atomic E-state index is 12.7. The Kier molecular flexibility index (Phi) is 8.40. The fraction of sp³-hybridized carbons (Fsp3) is 0.167. The van der Waals surface area contributed by atoms with E-state index in [1.807, 2.05) is 49.4 Å². The van der Waals surface area contributed by atoms with Gasteiger partial charge in [-0.05, 0) is 90.2 Å². The van der Waals surface area contributed by atoms with Crippen molar-refractivity contribution in [3.05, 3.63) is 75.9 Å². The predicted molar refractivity (Wildman–Crippen MR) is 137 cm³/mol. The van der Waals surface area contributed by atoms with Crippen LogP contribution in [0.25, 0.3) is 0 Å². The average Bonchev–Trinajstić information content (AvgIpc) is 2.80. The number of ether oxygens (including phenoxy) is 2. The molecule has 0 aromatic heterocycles. The van der Waals surface area contributed by atoms with Crippen molar-refractivity contribution in [3.8, 4) is 11.5 Å². The zero-order valence-corrected chi connectivity index (χ0v) is 20.8. The molecule has 32 heavy (non-hydrogen) atoms. The van der Waals surface area contributed by atoms with Crippen LogP contribution in [0.4, 0.5) is 11.4 Å². The summed E-state index contributed by atoms with van der Waals surface area (Å²) in [7, 11) is 3.07. The van der Waals surface area contributed by atoms with Crippen molar-refractivity contribution in [1.82, 2.24) is 0 Å². The molecule has 2 N–H and O–H groups in total. The highest BCUT2D eigenvalue weighted by Gasteiger charge is 2.16. The maximum absolute atomic E-state index is 12.7. The van der Waals surface area contributed by atoms with Crippen LogP contribution in [-0.4, -0.2) is 31.3 Å². The molecule has 3 rings (SSSR count). The van der Waals surface area contributed by atoms with Crippen molar-refractivity contribution in [2.24, 2.45) is 0 Å². The van der Waals surface area contributed by atoms with E-state index < -0.39 is 0 Å². The summed E-state index contributed by atoms with van der Waals surface area (Å²) in [5.41, 5.74) is 1.85. The fourth-order valence-electron chi connectivity index (χ4n) is 2.86. The van der Waals surface area contributed by atoms with Crippen molar-refractivity contribution >= 4 is 57.5 Å². The van der Waals surface area contributed by atoms with Gasteiger partial charge >= 0.3 is 0 Å². The van der Waals surface area contributed by atoms with E-state index in [0.717, 1.165) is 14.2 Å². The molecule has 0 radical (unpaired) electrons. The Hall–Kier alpha value is -2.72. The molecular weight excluding hydrogens is 539 g/mol. The third kappa shape index (κ3) is 6.39. The van der Waals surface area contributed by atoms with E-state index >= 15 is 0 Å². The van der Waals surface area contributed by atoms with E-state index in [-0.39, 0.29) is 17.1 Å². The number of amides is 2. The van der Waals surface area contributed by atoms with Gasteiger partial charge in [0, 0.05) is 25.4 Å². The van der Waals surface area contributed by atoms with Crippen LogP contribution in [0.2, 0.25) is 0 Å². The standard InChI is InChI=1S/C24H23IN2O4S/c1-15(23(28)26-18-10-8-17(25)9-11-18)32-20-6-4-5-19(14-20)27-24(29)16-7-12-21(30-2)22(13-16)31-3/h4-15H,1-3H3,(H,26,28)(H,27,29). The molecule has 8 heteroatoms. The molecule has 3 aromatic carbocycles. The van der Waals surface area contributed by atoms with Gasteiger partial charge in [-0.15, -0.1) is 11.8 Å². The number of methoxy groups -OCH3 is 2. The van der Waals surface area contributed by atoms with E-state index in [1.54, 1.807) is 31.4 Å². The minimum Gasteiger partial charge on any atom is -0.493 e. The number of rotatable bonds is 8. The van der Waals surface area contributed by atoms with Crippen LogP contribution in [0.3, 0.4) is 0 Å². The van der Waals surface area contributed by atoms with Crippen molar-refractivity contribution in [3.63, 3.8) is 0 Å². The highest BCUT2D eigenvalue weighted by molar-refractivity contribution is 14.1. The van der Waals surface area contributed by atoms with Gasteiger partial charge in [0.25, 0.3) is 5.91 Å². The van der Waals surface area contributed by atoms with Crippen molar-refractivity contribution in [2.45, 2.75) is 17.1 Å². The molecule has 3 aromatic rings. The Morgan fingerprint density at radius 1 is 0.875 bits per heavy atom. The second kappa shape index (κ2) is 11.2. The zero-order chi connectivity index (χ0) is 23.1. The lowest BCUT2D eigenvalue weighted by Crippen LogP contribution is -2.22. The molecule has 0 aliphatic rings. The lowest BCUT2D eigenvalue weighted by Gasteiger charge is -2.13. The number of carbonyl (C=O) groups is 2. The lowest BCUT2D eigenvalue weighted by molar-refractivity contribution is -0.115. The van der Waals surface area contributed by atoms with Gasteiger partial charge in [0.2, 0.25) is 5.91 Å². The minimum absolute atomic E-state index is 0.0871. The van der Waals surface area contributed by atoms with Gasteiger partial charge in [-0.1, -0.05) is 6.07 Å². The van der Waals surface area contributed by atoms with Gasteiger partial charge in [0.15, 0.2) is 11.5 Å². The Labute approximate surface area is 205 Å². The Morgan fingerprint density at radius 2 is 1.59 bits per heavy atom. The number of hydrogen-bond acceptors (Lipinski definition) is 5. The molecule has 0 fully saturated rings. The van der Waals surface area contributed by atoms with Gasteiger partial charge in [0.1, 0.15) is 0 Å². The summed E-state index contributed by atoms with van der Waals surface area (Å²) in [6.45, 7) is 1.85. The first kappa shape index (κ1) is 23.9. The predicted octanol–water partition coefficient (Wildman–Crippen LogP) is 5.68. The largest absolute Gasteiger partial charge is 0.493 e. The molecule has 0 saturated heterocycles. The topological polar surface area (TPSA) is 76.7 Å². The third-order valence-electron chi connectivity index (χ3n) is 4.53. The molecule has 2 amide bonds. The monoisotopic (exact) mass is 562 g/mol. The van der Waals surface area contributed by atoms with Crippen molar-refractivity contribution in [2.75, 3.05) is 24.9 Å². The SMILES string of the molecule is COc1ccc(C(=O)Nc2cccc(SC(C)C(=O)Nc3ccc(I)cc3)c2)cc1OC. The fourth-order valence-corrected chi connectivity index (χ4v) is 4.15. The lowest BCUT2D eigenvalue weighted by atomic mass is 10.2. The summed E-state index contributed by atoms with van der Waals surface area (Å²) in [6, 6.07) is 20.0. The van der Waals surface area contributed by atoms with Crippen LogP contribution in [0.5, 0.6) is 11.5 Å². The maximum Gasteiger partial charge on any atom is 0.255 e. The number of anilines is 2. The molecule has 1 unspecified atom stereocenters. The quantitative estimate of drug-likeness (QED) is 0.273. The van der Waals surface area contributed by atoms with Gasteiger partial charge in [-0.2, -0.15) is 0 Å². The summed E-state index contributed by atoms with van der Waals surface area (Å²) >= 11 is 3.64. The first-order valence-corrected chi connectivity index (χ1v) is 11.7. The van der Waals surface area contributed by atoms with Gasteiger partial charge in [0.05, 0.1) is 19.5 Å². The van der Waals surface area contributed by atoms with E-state index in [9.17, 15) is 9.59 Å². The number of carbonyl (C=O) groups excluding carboxylic acids is 2. The molecule has 6 nitrogen and oxygen atoms in total.